The molecule has 0 saturated carbocycles. The number of aromatic nitrogens is 4. The zero-order chi connectivity index (χ0) is 20.8. The summed E-state index contributed by atoms with van der Waals surface area (Å²) in [5.74, 6) is 0.604. The summed E-state index contributed by atoms with van der Waals surface area (Å²) >= 11 is 0. The van der Waals surface area contributed by atoms with Crippen molar-refractivity contribution in [1.82, 2.24) is 20.0 Å². The Morgan fingerprint density at radius 3 is 3.00 bits per heavy atom. The number of anilines is 2. The summed E-state index contributed by atoms with van der Waals surface area (Å²) in [7, 11) is 1.95. The first kappa shape index (κ1) is 18.2. The number of fused-ring (bicyclic) bond motifs is 2. The lowest BCUT2D eigenvalue weighted by Crippen LogP contribution is -2.40. The van der Waals surface area contributed by atoms with E-state index < -0.39 is 0 Å². The van der Waals surface area contributed by atoms with Gasteiger partial charge in [-0.2, -0.15) is 15.3 Å². The van der Waals surface area contributed by atoms with Gasteiger partial charge in [-0.25, -0.2) is 15.0 Å². The number of aromatic amines is 1. The highest BCUT2D eigenvalue weighted by atomic mass is 16.5. The molecule has 5 heterocycles. The molecule has 1 N–H and O–H groups in total. The first-order valence-electron chi connectivity index (χ1n) is 10.4. The molecular formula is C20H22N10O. The van der Waals surface area contributed by atoms with Crippen molar-refractivity contribution < 1.29 is 4.74 Å². The van der Waals surface area contributed by atoms with Crippen molar-refractivity contribution in [2.75, 3.05) is 30.2 Å². The molecule has 6 rings (SSSR count). The van der Waals surface area contributed by atoms with Crippen LogP contribution in [0, 0.1) is 0 Å². The molecule has 158 valence electrons. The van der Waals surface area contributed by atoms with Crippen LogP contribution in [0.5, 0.6) is 0 Å². The Bertz CT molecular complexity index is 1190. The van der Waals surface area contributed by atoms with Crippen LogP contribution >= 0.6 is 0 Å². The van der Waals surface area contributed by atoms with Crippen molar-refractivity contribution in [2.45, 2.75) is 31.1 Å². The zero-order valence-corrected chi connectivity index (χ0v) is 17.0. The van der Waals surface area contributed by atoms with E-state index in [9.17, 15) is 0 Å². The number of nitrogens with zero attached hydrogens (tertiary/aromatic N) is 9. The molecule has 1 saturated heterocycles. The lowest BCUT2D eigenvalue weighted by molar-refractivity contribution is 0.0662. The molecule has 31 heavy (non-hydrogen) atoms. The van der Waals surface area contributed by atoms with E-state index >= 15 is 0 Å². The monoisotopic (exact) mass is 418 g/mol. The standard InChI is InChI=1S/C20H22N10O/c1-28(16-10-23-29(12-16)14-4-6-31-7-5-14)20-21-11-18-19(24-20)30(27-26-18)15-3-2-13-9-22-25-17(13)8-15/h2-3,8-12,14,18-19H,4-7H2,1H3,(H,22,25). The predicted octanol–water partition coefficient (Wildman–Crippen LogP) is 2.57. The van der Waals surface area contributed by atoms with Crippen LogP contribution in [0.3, 0.4) is 0 Å². The molecule has 1 fully saturated rings. The molecule has 0 spiro atoms. The van der Waals surface area contributed by atoms with Crippen LogP contribution in [0.15, 0.2) is 57.1 Å². The fourth-order valence-electron chi connectivity index (χ4n) is 4.12. The maximum atomic E-state index is 5.46. The summed E-state index contributed by atoms with van der Waals surface area (Å²) in [6, 6.07) is 6.18. The van der Waals surface area contributed by atoms with Gasteiger partial charge in [-0.15, -0.1) is 0 Å². The summed E-state index contributed by atoms with van der Waals surface area (Å²) < 4.78 is 7.48. The molecule has 0 bridgehead atoms. The number of H-pyrrole nitrogens is 1. The van der Waals surface area contributed by atoms with E-state index in [1.807, 2.05) is 58.4 Å². The Morgan fingerprint density at radius 2 is 2.10 bits per heavy atom. The van der Waals surface area contributed by atoms with Crippen molar-refractivity contribution >= 4 is 34.5 Å². The van der Waals surface area contributed by atoms with Crippen molar-refractivity contribution in [3.8, 4) is 0 Å². The summed E-state index contributed by atoms with van der Waals surface area (Å²) in [4.78, 5) is 11.4. The molecule has 2 aromatic heterocycles. The van der Waals surface area contributed by atoms with Crippen molar-refractivity contribution in [3.63, 3.8) is 0 Å². The van der Waals surface area contributed by atoms with Crippen molar-refractivity contribution in [1.29, 1.82) is 0 Å². The Labute approximate surface area is 178 Å². The first-order chi connectivity index (χ1) is 15.3. The SMILES string of the molecule is CN(C1=NC2C(C=N1)N=NN2c1ccc2cn[nH]c2c1)c1cnn(C2CCOCC2)c1. The molecule has 3 aliphatic heterocycles. The predicted molar refractivity (Wildman–Crippen MR) is 117 cm³/mol. The van der Waals surface area contributed by atoms with Gasteiger partial charge in [0.05, 0.1) is 35.3 Å². The zero-order valence-electron chi connectivity index (χ0n) is 17.0. The molecule has 0 amide bonds. The van der Waals surface area contributed by atoms with Crippen molar-refractivity contribution in [3.05, 3.63) is 36.8 Å². The second-order valence-electron chi connectivity index (χ2n) is 7.88. The van der Waals surface area contributed by atoms with Gasteiger partial charge >= 0.3 is 0 Å². The van der Waals surface area contributed by atoms with Gasteiger partial charge in [0.25, 0.3) is 0 Å². The average Bonchev–Trinajstić information content (AvgIpc) is 3.57. The Kier molecular flexibility index (Phi) is 4.27. The number of nitrogens with one attached hydrogen (secondary N) is 1. The molecule has 3 aliphatic rings. The van der Waals surface area contributed by atoms with Crippen LogP contribution in [0.2, 0.25) is 0 Å². The fraction of sp³-hybridized carbons (Fsp3) is 0.400. The normalized spacial score (nSPS) is 23.4. The molecule has 1 aromatic carbocycles. The summed E-state index contributed by atoms with van der Waals surface area (Å²) in [5, 5.41) is 23.2. The Hall–Kier alpha value is -3.60. The molecule has 11 heteroatoms. The van der Waals surface area contributed by atoms with Crippen LogP contribution in [0.4, 0.5) is 11.4 Å². The highest BCUT2D eigenvalue weighted by Crippen LogP contribution is 2.30. The second-order valence-corrected chi connectivity index (χ2v) is 7.88. The Balaban J connectivity index is 1.25. The van der Waals surface area contributed by atoms with Gasteiger partial charge < -0.3 is 9.64 Å². The smallest absolute Gasteiger partial charge is 0.227 e. The minimum absolute atomic E-state index is 0.209. The van der Waals surface area contributed by atoms with E-state index in [2.05, 4.69) is 30.6 Å². The van der Waals surface area contributed by atoms with E-state index in [0.717, 1.165) is 48.3 Å². The number of benzene rings is 1. The Morgan fingerprint density at radius 1 is 1.19 bits per heavy atom. The van der Waals surface area contributed by atoms with E-state index in [1.165, 1.54) is 0 Å². The number of ether oxygens (including phenoxy) is 1. The third kappa shape index (κ3) is 3.17. The maximum absolute atomic E-state index is 5.46. The van der Waals surface area contributed by atoms with Crippen LogP contribution in [0.25, 0.3) is 10.9 Å². The quantitative estimate of drug-likeness (QED) is 0.703. The van der Waals surface area contributed by atoms with Crippen LogP contribution in [-0.4, -0.2) is 64.6 Å². The van der Waals surface area contributed by atoms with Gasteiger partial charge in [0.15, 0.2) is 12.2 Å². The summed E-state index contributed by atoms with van der Waals surface area (Å²) in [6.45, 7) is 1.56. The number of aliphatic imine (C=N–C) groups is 2. The van der Waals surface area contributed by atoms with E-state index in [4.69, 9.17) is 9.73 Å². The highest BCUT2D eigenvalue weighted by molar-refractivity contribution is 6.02. The molecular weight excluding hydrogens is 396 g/mol. The number of hydrogen-bond acceptors (Lipinski definition) is 9. The lowest BCUT2D eigenvalue weighted by atomic mass is 10.1. The van der Waals surface area contributed by atoms with Crippen LogP contribution in [-0.2, 0) is 4.74 Å². The summed E-state index contributed by atoms with van der Waals surface area (Å²) in [6.07, 6.45) is 9.19. The van der Waals surface area contributed by atoms with E-state index in [0.29, 0.717) is 12.0 Å². The van der Waals surface area contributed by atoms with E-state index in [-0.39, 0.29) is 12.2 Å². The van der Waals surface area contributed by atoms with Gasteiger partial charge in [-0.3, -0.25) is 9.78 Å². The second kappa shape index (κ2) is 7.27. The fourth-order valence-corrected chi connectivity index (χ4v) is 4.12. The van der Waals surface area contributed by atoms with Crippen LogP contribution in [0.1, 0.15) is 18.9 Å². The highest BCUT2D eigenvalue weighted by Gasteiger charge is 2.36. The third-order valence-corrected chi connectivity index (χ3v) is 5.96. The molecule has 11 nitrogen and oxygen atoms in total. The van der Waals surface area contributed by atoms with Gasteiger partial charge in [-0.1, -0.05) is 5.22 Å². The minimum Gasteiger partial charge on any atom is -0.381 e. The number of rotatable bonds is 3. The van der Waals surface area contributed by atoms with Gasteiger partial charge in [0.1, 0.15) is 0 Å². The van der Waals surface area contributed by atoms with Gasteiger partial charge in [-0.05, 0) is 31.0 Å². The van der Waals surface area contributed by atoms with Gasteiger partial charge in [0.2, 0.25) is 5.96 Å². The summed E-state index contributed by atoms with van der Waals surface area (Å²) in [5.41, 5.74) is 2.79. The van der Waals surface area contributed by atoms with Crippen molar-refractivity contribution in [2.24, 2.45) is 20.3 Å². The number of hydrogen-bond donors (Lipinski definition) is 1. The molecule has 0 radical (unpaired) electrons. The van der Waals surface area contributed by atoms with Crippen LogP contribution < -0.4 is 9.91 Å². The van der Waals surface area contributed by atoms with E-state index in [1.54, 1.807) is 6.20 Å². The van der Waals surface area contributed by atoms with Gasteiger partial charge in [0, 0.05) is 38.1 Å². The molecule has 3 aromatic rings. The lowest BCUT2D eigenvalue weighted by Gasteiger charge is -2.26. The average molecular weight is 418 g/mol. The molecule has 2 unspecified atom stereocenters. The number of guanidine groups is 1. The molecule has 0 aliphatic carbocycles. The molecule has 2 atom stereocenters. The largest absolute Gasteiger partial charge is 0.381 e. The maximum Gasteiger partial charge on any atom is 0.227 e. The minimum atomic E-state index is -0.277. The first-order valence-corrected chi connectivity index (χ1v) is 10.4. The third-order valence-electron chi connectivity index (χ3n) is 5.96. The topological polar surface area (TPSA) is 112 Å².